The van der Waals surface area contributed by atoms with Crippen LogP contribution in [0.15, 0.2) is 45.8 Å². The zero-order valence-corrected chi connectivity index (χ0v) is 17.9. The maximum atomic E-state index is 13.0. The van der Waals surface area contributed by atoms with E-state index in [4.69, 9.17) is 9.15 Å². The van der Waals surface area contributed by atoms with Crippen LogP contribution in [0, 0.1) is 5.92 Å². The number of sulfonamides is 1. The van der Waals surface area contributed by atoms with Gasteiger partial charge in [-0.1, -0.05) is 5.10 Å². The molecule has 164 valence electrons. The van der Waals surface area contributed by atoms with E-state index in [9.17, 15) is 13.2 Å². The van der Waals surface area contributed by atoms with Gasteiger partial charge in [0.25, 0.3) is 5.89 Å². The minimum absolute atomic E-state index is 0.0548. The summed E-state index contributed by atoms with van der Waals surface area (Å²) < 4.78 is 39.4. The second-order valence-electron chi connectivity index (χ2n) is 7.15. The van der Waals surface area contributed by atoms with Crippen molar-refractivity contribution in [2.24, 2.45) is 13.0 Å². The maximum absolute atomic E-state index is 13.0. The van der Waals surface area contributed by atoms with Crippen LogP contribution in [0.4, 0.5) is 6.01 Å². The SMILES string of the molecule is COc1ccc(S(=O)(=O)N2CCC[C@H](C(=O)Nc3nnc(-c4ccn(C)n4)o3)C2)cc1. The molecule has 1 atom stereocenters. The van der Waals surface area contributed by atoms with Crippen LogP contribution in [0.2, 0.25) is 0 Å². The van der Waals surface area contributed by atoms with Crippen LogP contribution in [0.5, 0.6) is 5.75 Å². The van der Waals surface area contributed by atoms with Gasteiger partial charge in [-0.25, -0.2) is 8.42 Å². The fraction of sp³-hybridized carbons (Fsp3) is 0.368. The lowest BCUT2D eigenvalue weighted by Gasteiger charge is -2.30. The number of hydrogen-bond acceptors (Lipinski definition) is 8. The van der Waals surface area contributed by atoms with Crippen molar-refractivity contribution in [1.29, 1.82) is 0 Å². The van der Waals surface area contributed by atoms with Crippen molar-refractivity contribution >= 4 is 21.9 Å². The third kappa shape index (κ3) is 4.44. The molecule has 1 aromatic carbocycles. The molecule has 11 nitrogen and oxygen atoms in total. The normalized spacial score (nSPS) is 17.4. The Morgan fingerprint density at radius 1 is 1.23 bits per heavy atom. The highest BCUT2D eigenvalue weighted by molar-refractivity contribution is 7.89. The van der Waals surface area contributed by atoms with Crippen molar-refractivity contribution in [3.05, 3.63) is 36.5 Å². The average molecular weight is 446 g/mol. The molecule has 0 unspecified atom stereocenters. The van der Waals surface area contributed by atoms with Crippen LogP contribution < -0.4 is 10.1 Å². The number of anilines is 1. The lowest BCUT2D eigenvalue weighted by atomic mass is 9.99. The number of aromatic nitrogens is 4. The third-order valence-electron chi connectivity index (χ3n) is 5.04. The van der Waals surface area contributed by atoms with E-state index >= 15 is 0 Å². The molecule has 1 amide bonds. The number of nitrogens with zero attached hydrogens (tertiary/aromatic N) is 5. The summed E-state index contributed by atoms with van der Waals surface area (Å²) in [4.78, 5) is 12.9. The Labute approximate surface area is 179 Å². The zero-order chi connectivity index (χ0) is 22.0. The highest BCUT2D eigenvalue weighted by Crippen LogP contribution is 2.26. The van der Waals surface area contributed by atoms with Crippen LogP contribution in [-0.2, 0) is 21.9 Å². The molecule has 0 radical (unpaired) electrons. The van der Waals surface area contributed by atoms with Gasteiger partial charge in [0.1, 0.15) is 11.4 Å². The Morgan fingerprint density at radius 3 is 2.68 bits per heavy atom. The number of hydrogen-bond donors (Lipinski definition) is 1. The van der Waals surface area contributed by atoms with E-state index in [1.54, 1.807) is 36.1 Å². The minimum Gasteiger partial charge on any atom is -0.497 e. The Hall–Kier alpha value is -3.25. The minimum atomic E-state index is -3.72. The molecule has 2 aromatic heterocycles. The van der Waals surface area contributed by atoms with Crippen LogP contribution in [0.3, 0.4) is 0 Å². The third-order valence-corrected chi connectivity index (χ3v) is 6.92. The first-order chi connectivity index (χ1) is 14.9. The van der Waals surface area contributed by atoms with Gasteiger partial charge in [0.05, 0.1) is 17.9 Å². The van der Waals surface area contributed by atoms with Crippen molar-refractivity contribution in [2.45, 2.75) is 17.7 Å². The number of rotatable bonds is 6. The highest BCUT2D eigenvalue weighted by atomic mass is 32.2. The second-order valence-corrected chi connectivity index (χ2v) is 9.09. The summed E-state index contributed by atoms with van der Waals surface area (Å²) >= 11 is 0. The molecule has 12 heteroatoms. The van der Waals surface area contributed by atoms with E-state index in [0.29, 0.717) is 30.8 Å². The van der Waals surface area contributed by atoms with Gasteiger partial charge in [0.2, 0.25) is 15.9 Å². The van der Waals surface area contributed by atoms with Crippen molar-refractivity contribution in [3.8, 4) is 17.3 Å². The molecule has 31 heavy (non-hydrogen) atoms. The summed E-state index contributed by atoms with van der Waals surface area (Å²) in [5.74, 6) is -0.152. The monoisotopic (exact) mass is 446 g/mol. The van der Waals surface area contributed by atoms with Crippen LogP contribution >= 0.6 is 0 Å². The fourth-order valence-electron chi connectivity index (χ4n) is 3.39. The van der Waals surface area contributed by atoms with E-state index in [1.165, 1.54) is 23.5 Å². The molecule has 1 N–H and O–H groups in total. The molecular weight excluding hydrogens is 424 g/mol. The van der Waals surface area contributed by atoms with Gasteiger partial charge in [0.15, 0.2) is 0 Å². The average Bonchev–Trinajstić information content (AvgIpc) is 3.42. The number of methoxy groups -OCH3 is 1. The maximum Gasteiger partial charge on any atom is 0.322 e. The van der Waals surface area contributed by atoms with Crippen molar-refractivity contribution < 1.29 is 22.4 Å². The van der Waals surface area contributed by atoms with Gasteiger partial charge in [-0.05, 0) is 43.2 Å². The molecule has 0 bridgehead atoms. The van der Waals surface area contributed by atoms with E-state index in [-0.39, 0.29) is 29.3 Å². The highest BCUT2D eigenvalue weighted by Gasteiger charge is 2.34. The Kier molecular flexibility index (Phi) is 5.74. The predicted octanol–water partition coefficient (Wildman–Crippen LogP) is 1.52. The van der Waals surface area contributed by atoms with Gasteiger partial charge in [-0.2, -0.15) is 9.40 Å². The Balaban J connectivity index is 1.43. The summed E-state index contributed by atoms with van der Waals surface area (Å²) in [7, 11) is -0.445. The quantitative estimate of drug-likeness (QED) is 0.603. The number of carbonyl (C=O) groups excluding carboxylic acids is 1. The summed E-state index contributed by atoms with van der Waals surface area (Å²) in [5.41, 5.74) is 0.491. The van der Waals surface area contributed by atoms with E-state index in [2.05, 4.69) is 20.6 Å². The van der Waals surface area contributed by atoms with Gasteiger partial charge in [-0.3, -0.25) is 14.8 Å². The van der Waals surface area contributed by atoms with Crippen molar-refractivity contribution in [3.63, 3.8) is 0 Å². The van der Waals surface area contributed by atoms with Crippen molar-refractivity contribution in [1.82, 2.24) is 24.3 Å². The van der Waals surface area contributed by atoms with E-state index in [1.807, 2.05) is 0 Å². The van der Waals surface area contributed by atoms with Crippen LogP contribution in [0.1, 0.15) is 12.8 Å². The largest absolute Gasteiger partial charge is 0.497 e. The molecule has 1 fully saturated rings. The molecule has 0 spiro atoms. The molecule has 1 aliphatic heterocycles. The van der Waals surface area contributed by atoms with Crippen LogP contribution in [-0.4, -0.2) is 58.8 Å². The van der Waals surface area contributed by atoms with E-state index in [0.717, 1.165) is 0 Å². The number of benzene rings is 1. The predicted molar refractivity (Wildman–Crippen MR) is 110 cm³/mol. The molecule has 0 aliphatic carbocycles. The first kappa shape index (κ1) is 21.0. The number of piperidine rings is 1. The Bertz CT molecular complexity index is 1170. The number of carbonyl (C=O) groups is 1. The second kappa shape index (κ2) is 8.47. The Morgan fingerprint density at radius 2 is 2.00 bits per heavy atom. The first-order valence-electron chi connectivity index (χ1n) is 9.65. The molecule has 0 saturated carbocycles. The molecule has 1 aliphatic rings. The smallest absolute Gasteiger partial charge is 0.322 e. The molecule has 3 aromatic rings. The fourth-order valence-corrected chi connectivity index (χ4v) is 4.91. The molecule has 3 heterocycles. The number of ether oxygens (including phenoxy) is 1. The summed E-state index contributed by atoms with van der Waals surface area (Å²) in [6.07, 6.45) is 2.86. The summed E-state index contributed by atoms with van der Waals surface area (Å²) in [6, 6.07) is 7.83. The molecule has 1 saturated heterocycles. The number of amides is 1. The molecular formula is C19H22N6O5S. The summed E-state index contributed by atoms with van der Waals surface area (Å²) in [5, 5.41) is 14.5. The zero-order valence-electron chi connectivity index (χ0n) is 17.1. The van der Waals surface area contributed by atoms with Crippen LogP contribution in [0.25, 0.3) is 11.6 Å². The van der Waals surface area contributed by atoms with Gasteiger partial charge in [0, 0.05) is 26.3 Å². The number of nitrogens with one attached hydrogen (secondary N) is 1. The standard InChI is InChI=1S/C19H22N6O5S/c1-24-11-9-16(23-24)18-21-22-19(30-18)20-17(26)13-4-3-10-25(12-13)31(27,28)15-7-5-14(29-2)6-8-15/h5-9,11,13H,3-4,10,12H2,1-2H3,(H,20,22,26)/t13-/m0/s1. The lowest BCUT2D eigenvalue weighted by molar-refractivity contribution is -0.121. The van der Waals surface area contributed by atoms with Gasteiger partial charge < -0.3 is 9.15 Å². The van der Waals surface area contributed by atoms with Gasteiger partial charge >= 0.3 is 6.01 Å². The topological polar surface area (TPSA) is 132 Å². The summed E-state index contributed by atoms with van der Waals surface area (Å²) in [6.45, 7) is 0.421. The van der Waals surface area contributed by atoms with Crippen molar-refractivity contribution in [2.75, 3.05) is 25.5 Å². The lowest BCUT2D eigenvalue weighted by Crippen LogP contribution is -2.43. The van der Waals surface area contributed by atoms with E-state index < -0.39 is 15.9 Å². The molecule has 4 rings (SSSR count). The van der Waals surface area contributed by atoms with Gasteiger partial charge in [-0.15, -0.1) is 5.10 Å². The first-order valence-corrected chi connectivity index (χ1v) is 11.1. The number of aryl methyl sites for hydroxylation is 1.